The molecule has 0 saturated heterocycles. The third-order valence-electron chi connectivity index (χ3n) is 4.02. The van der Waals surface area contributed by atoms with Gasteiger partial charge in [0.1, 0.15) is 0 Å². The summed E-state index contributed by atoms with van der Waals surface area (Å²) in [5.41, 5.74) is 1.59. The van der Waals surface area contributed by atoms with E-state index < -0.39 is 0 Å². The third-order valence-corrected chi connectivity index (χ3v) is 4.02. The third kappa shape index (κ3) is 6.02. The highest BCUT2D eigenvalue weighted by Crippen LogP contribution is 2.12. The maximum Gasteiger partial charge on any atom is 0.224 e. The van der Waals surface area contributed by atoms with E-state index in [9.17, 15) is 9.59 Å². The molecule has 2 rings (SSSR count). The van der Waals surface area contributed by atoms with Crippen LogP contribution in [0.1, 0.15) is 46.0 Å². The second-order valence-corrected chi connectivity index (χ2v) is 6.29. The minimum Gasteiger partial charge on any atom is -0.343 e. The first-order valence-electron chi connectivity index (χ1n) is 9.31. The Bertz CT molecular complexity index is 691. The molecule has 0 fully saturated rings. The molecule has 0 unspecified atom stereocenters. The minimum atomic E-state index is -0.0945. The van der Waals surface area contributed by atoms with Crippen molar-refractivity contribution < 1.29 is 9.59 Å². The first kappa shape index (κ1) is 19.7. The summed E-state index contributed by atoms with van der Waals surface area (Å²) in [6.07, 6.45) is 6.62. The highest BCUT2D eigenvalue weighted by molar-refractivity contribution is 5.90. The lowest BCUT2D eigenvalue weighted by atomic mass is 10.2. The van der Waals surface area contributed by atoms with Crippen molar-refractivity contribution in [1.82, 2.24) is 14.7 Å². The van der Waals surface area contributed by atoms with Gasteiger partial charge in [0.15, 0.2) is 0 Å². The molecule has 0 radical (unpaired) electrons. The van der Waals surface area contributed by atoms with Crippen LogP contribution in [0, 0.1) is 0 Å². The molecule has 0 aliphatic heterocycles. The van der Waals surface area contributed by atoms with Gasteiger partial charge in [0.05, 0.1) is 23.8 Å². The fraction of sp³-hybridized carbons (Fsp3) is 0.450. The number of benzene rings is 1. The minimum absolute atomic E-state index is 0.0945. The highest BCUT2D eigenvalue weighted by atomic mass is 16.2. The first-order valence-corrected chi connectivity index (χ1v) is 9.31. The zero-order chi connectivity index (χ0) is 18.8. The zero-order valence-corrected chi connectivity index (χ0v) is 15.6. The highest BCUT2D eigenvalue weighted by Gasteiger charge is 2.12. The number of aromatic nitrogens is 2. The smallest absolute Gasteiger partial charge is 0.224 e. The van der Waals surface area contributed by atoms with Gasteiger partial charge in [-0.1, -0.05) is 32.0 Å². The topological polar surface area (TPSA) is 67.2 Å². The summed E-state index contributed by atoms with van der Waals surface area (Å²) >= 11 is 0. The molecule has 0 saturated carbocycles. The zero-order valence-electron chi connectivity index (χ0n) is 15.6. The molecule has 1 aromatic heterocycles. The van der Waals surface area contributed by atoms with E-state index in [4.69, 9.17) is 0 Å². The number of para-hydroxylation sites is 1. The van der Waals surface area contributed by atoms with Crippen LogP contribution in [0.4, 0.5) is 5.69 Å². The van der Waals surface area contributed by atoms with E-state index >= 15 is 0 Å². The van der Waals surface area contributed by atoms with E-state index in [0.29, 0.717) is 24.9 Å². The molecule has 26 heavy (non-hydrogen) atoms. The monoisotopic (exact) mass is 356 g/mol. The Morgan fingerprint density at radius 2 is 1.77 bits per heavy atom. The van der Waals surface area contributed by atoms with Gasteiger partial charge in [0.2, 0.25) is 11.8 Å². The standard InChI is InChI=1S/C20H28N4O2/c1-3-13-23(14-4-2)20(26)12-8-11-19(25)22-17-15-21-24(16-17)18-9-6-5-7-10-18/h5-7,9-10,15-16H,3-4,8,11-14H2,1-2H3,(H,22,25). The van der Waals surface area contributed by atoms with E-state index in [0.717, 1.165) is 31.6 Å². The Morgan fingerprint density at radius 3 is 2.42 bits per heavy atom. The number of hydrogen-bond donors (Lipinski definition) is 1. The average molecular weight is 356 g/mol. The van der Waals surface area contributed by atoms with E-state index in [2.05, 4.69) is 24.3 Å². The van der Waals surface area contributed by atoms with Crippen molar-refractivity contribution in [3.05, 3.63) is 42.7 Å². The Balaban J connectivity index is 1.77. The molecule has 6 nitrogen and oxygen atoms in total. The Morgan fingerprint density at radius 1 is 1.08 bits per heavy atom. The van der Waals surface area contributed by atoms with Gasteiger partial charge >= 0.3 is 0 Å². The number of carbonyl (C=O) groups is 2. The molecule has 140 valence electrons. The molecule has 1 N–H and O–H groups in total. The normalized spacial score (nSPS) is 10.5. The van der Waals surface area contributed by atoms with Crippen molar-refractivity contribution in [2.24, 2.45) is 0 Å². The molecule has 0 aliphatic carbocycles. The molecule has 0 spiro atoms. The lowest BCUT2D eigenvalue weighted by Crippen LogP contribution is -2.32. The fourth-order valence-electron chi connectivity index (χ4n) is 2.79. The number of anilines is 1. The van der Waals surface area contributed by atoms with Gasteiger partial charge in [-0.2, -0.15) is 5.10 Å². The summed E-state index contributed by atoms with van der Waals surface area (Å²) in [7, 11) is 0. The molecule has 0 aliphatic rings. The van der Waals surface area contributed by atoms with Gasteiger partial charge in [-0.25, -0.2) is 4.68 Å². The lowest BCUT2D eigenvalue weighted by molar-refractivity contribution is -0.131. The van der Waals surface area contributed by atoms with Crippen molar-refractivity contribution in [2.45, 2.75) is 46.0 Å². The van der Waals surface area contributed by atoms with E-state index in [1.165, 1.54) is 0 Å². The number of nitrogens with one attached hydrogen (secondary N) is 1. The predicted octanol–water partition coefficient (Wildman–Crippen LogP) is 3.63. The maximum absolute atomic E-state index is 12.2. The van der Waals surface area contributed by atoms with Crippen LogP contribution >= 0.6 is 0 Å². The van der Waals surface area contributed by atoms with Gasteiger partial charge in [0, 0.05) is 25.9 Å². The van der Waals surface area contributed by atoms with Crippen molar-refractivity contribution in [3.63, 3.8) is 0 Å². The second kappa shape index (κ2) is 10.4. The van der Waals surface area contributed by atoms with Crippen molar-refractivity contribution in [1.29, 1.82) is 0 Å². The van der Waals surface area contributed by atoms with Crippen LogP contribution in [-0.2, 0) is 9.59 Å². The van der Waals surface area contributed by atoms with Crippen molar-refractivity contribution in [2.75, 3.05) is 18.4 Å². The van der Waals surface area contributed by atoms with Crippen LogP contribution in [0.15, 0.2) is 42.7 Å². The molecular weight excluding hydrogens is 328 g/mol. The molecular formula is C20H28N4O2. The number of nitrogens with zero attached hydrogens (tertiary/aromatic N) is 3. The second-order valence-electron chi connectivity index (χ2n) is 6.29. The number of hydrogen-bond acceptors (Lipinski definition) is 3. The Kier molecular flexibility index (Phi) is 7.86. The van der Waals surface area contributed by atoms with Crippen molar-refractivity contribution >= 4 is 17.5 Å². The average Bonchev–Trinajstić information content (AvgIpc) is 3.10. The van der Waals surface area contributed by atoms with E-state index in [-0.39, 0.29) is 11.8 Å². The van der Waals surface area contributed by atoms with Gasteiger partial charge in [-0.05, 0) is 31.4 Å². The summed E-state index contributed by atoms with van der Waals surface area (Å²) < 4.78 is 1.71. The Labute approximate surface area is 155 Å². The molecule has 2 amide bonds. The molecule has 1 aromatic carbocycles. The van der Waals surface area contributed by atoms with E-state index in [1.807, 2.05) is 35.2 Å². The summed E-state index contributed by atoms with van der Waals surface area (Å²) in [5.74, 6) is 0.0429. The first-order chi connectivity index (χ1) is 12.6. The summed E-state index contributed by atoms with van der Waals surface area (Å²) in [6, 6.07) is 9.71. The number of carbonyl (C=O) groups excluding carboxylic acids is 2. The fourth-order valence-corrected chi connectivity index (χ4v) is 2.79. The number of amides is 2. The van der Waals surface area contributed by atoms with Crippen LogP contribution in [0.25, 0.3) is 5.69 Å². The summed E-state index contributed by atoms with van der Waals surface area (Å²) in [6.45, 7) is 5.72. The van der Waals surface area contributed by atoms with Gasteiger partial charge in [-0.15, -0.1) is 0 Å². The predicted molar refractivity (Wildman–Crippen MR) is 103 cm³/mol. The van der Waals surface area contributed by atoms with Crippen LogP contribution in [0.2, 0.25) is 0 Å². The van der Waals surface area contributed by atoms with Crippen LogP contribution in [0.3, 0.4) is 0 Å². The molecule has 6 heteroatoms. The van der Waals surface area contributed by atoms with Crippen LogP contribution < -0.4 is 5.32 Å². The lowest BCUT2D eigenvalue weighted by Gasteiger charge is -2.21. The maximum atomic E-state index is 12.2. The largest absolute Gasteiger partial charge is 0.343 e. The Hall–Kier alpha value is -2.63. The van der Waals surface area contributed by atoms with Crippen molar-refractivity contribution in [3.8, 4) is 5.69 Å². The van der Waals surface area contributed by atoms with Gasteiger partial charge in [-0.3, -0.25) is 9.59 Å². The summed E-state index contributed by atoms with van der Waals surface area (Å²) in [4.78, 5) is 26.2. The van der Waals surface area contributed by atoms with E-state index in [1.54, 1.807) is 17.1 Å². The summed E-state index contributed by atoms with van der Waals surface area (Å²) in [5, 5.41) is 7.09. The SMILES string of the molecule is CCCN(CCC)C(=O)CCCC(=O)Nc1cnn(-c2ccccc2)c1. The molecule has 2 aromatic rings. The molecule has 0 bridgehead atoms. The quantitative estimate of drug-likeness (QED) is 0.707. The molecule has 0 atom stereocenters. The number of rotatable bonds is 10. The van der Waals surface area contributed by atoms with Gasteiger partial charge < -0.3 is 10.2 Å². The van der Waals surface area contributed by atoms with Crippen LogP contribution in [0.5, 0.6) is 0 Å². The molecule has 1 heterocycles. The van der Waals surface area contributed by atoms with Gasteiger partial charge in [0.25, 0.3) is 0 Å². The van der Waals surface area contributed by atoms with Crippen LogP contribution in [-0.4, -0.2) is 39.6 Å².